The van der Waals surface area contributed by atoms with Crippen LogP contribution in [0.3, 0.4) is 0 Å². The van der Waals surface area contributed by atoms with Crippen LogP contribution in [0.4, 0.5) is 5.69 Å². The summed E-state index contributed by atoms with van der Waals surface area (Å²) >= 11 is 0. The molecule has 0 aliphatic heterocycles. The van der Waals surface area contributed by atoms with E-state index in [1.54, 1.807) is 20.0 Å². The summed E-state index contributed by atoms with van der Waals surface area (Å²) in [6.07, 6.45) is 8.31. The van der Waals surface area contributed by atoms with E-state index in [1.165, 1.54) is 0 Å². The highest BCUT2D eigenvalue weighted by atomic mass is 16.5. The first kappa shape index (κ1) is 14.4. The van der Waals surface area contributed by atoms with Crippen molar-refractivity contribution in [1.29, 1.82) is 0 Å². The number of carbonyl (C=O) groups excluding carboxylic acids is 2. The van der Waals surface area contributed by atoms with Crippen LogP contribution in [-0.2, 0) is 9.53 Å². The van der Waals surface area contributed by atoms with E-state index >= 15 is 0 Å². The molecular formula is C15H20N2O3. The van der Waals surface area contributed by atoms with Crippen molar-refractivity contribution in [2.45, 2.75) is 33.1 Å². The topological polar surface area (TPSA) is 71.2 Å². The first-order valence-corrected chi connectivity index (χ1v) is 6.93. The van der Waals surface area contributed by atoms with Crippen molar-refractivity contribution in [3.8, 4) is 0 Å². The Labute approximate surface area is 118 Å². The number of amides is 1. The molecule has 1 aromatic heterocycles. The Morgan fingerprint density at radius 3 is 2.95 bits per heavy atom. The molecule has 108 valence electrons. The lowest BCUT2D eigenvalue weighted by molar-refractivity contribution is -0.116. The van der Waals surface area contributed by atoms with Gasteiger partial charge in [0, 0.05) is 18.3 Å². The highest BCUT2D eigenvalue weighted by Gasteiger charge is 2.20. The Morgan fingerprint density at radius 1 is 1.50 bits per heavy atom. The molecule has 1 aliphatic rings. The molecule has 2 N–H and O–H groups in total. The molecule has 0 spiro atoms. The van der Waals surface area contributed by atoms with Gasteiger partial charge in [0.25, 0.3) is 0 Å². The van der Waals surface area contributed by atoms with Gasteiger partial charge >= 0.3 is 5.97 Å². The summed E-state index contributed by atoms with van der Waals surface area (Å²) in [5.74, 6) is -0.186. The molecule has 5 heteroatoms. The second-order valence-corrected chi connectivity index (χ2v) is 4.94. The zero-order valence-corrected chi connectivity index (χ0v) is 11.9. The summed E-state index contributed by atoms with van der Waals surface area (Å²) in [5, 5.41) is 2.79. The summed E-state index contributed by atoms with van der Waals surface area (Å²) in [6.45, 7) is 3.84. The molecule has 2 rings (SSSR count). The van der Waals surface area contributed by atoms with Crippen LogP contribution in [0.5, 0.6) is 0 Å². The van der Waals surface area contributed by atoms with Crippen molar-refractivity contribution >= 4 is 17.6 Å². The minimum Gasteiger partial charge on any atom is -0.462 e. The smallest absolute Gasteiger partial charge is 0.342 e. The minimum atomic E-state index is -0.415. The minimum absolute atomic E-state index is 0.0777. The van der Waals surface area contributed by atoms with E-state index in [1.807, 2.05) is 0 Å². The van der Waals surface area contributed by atoms with E-state index in [2.05, 4.69) is 22.5 Å². The van der Waals surface area contributed by atoms with Gasteiger partial charge in [-0.25, -0.2) is 4.79 Å². The number of anilines is 1. The van der Waals surface area contributed by atoms with E-state index in [9.17, 15) is 9.59 Å². The second kappa shape index (κ2) is 6.41. The summed E-state index contributed by atoms with van der Waals surface area (Å²) < 4.78 is 5.00. The van der Waals surface area contributed by atoms with Crippen molar-refractivity contribution in [3.05, 3.63) is 29.6 Å². The molecule has 1 amide bonds. The Bertz CT molecular complexity index is 531. The summed E-state index contributed by atoms with van der Waals surface area (Å²) in [4.78, 5) is 26.8. The summed E-state index contributed by atoms with van der Waals surface area (Å²) in [6, 6.07) is 0. The number of nitrogens with one attached hydrogen (secondary N) is 2. The Kier molecular flexibility index (Phi) is 4.61. The van der Waals surface area contributed by atoms with Gasteiger partial charge < -0.3 is 15.0 Å². The maximum Gasteiger partial charge on any atom is 0.342 e. The molecule has 1 heterocycles. The fraction of sp³-hybridized carbons (Fsp3) is 0.467. The van der Waals surface area contributed by atoms with E-state index in [0.717, 1.165) is 12.8 Å². The normalized spacial score (nSPS) is 17.2. The van der Waals surface area contributed by atoms with Crippen LogP contribution in [0.2, 0.25) is 0 Å². The Morgan fingerprint density at radius 2 is 2.30 bits per heavy atom. The number of aromatic amines is 1. The number of hydrogen-bond donors (Lipinski definition) is 2. The van der Waals surface area contributed by atoms with Crippen LogP contribution in [0, 0.1) is 12.8 Å². The highest BCUT2D eigenvalue weighted by molar-refractivity contribution is 6.02. The number of allylic oxidation sites excluding steroid dienone is 2. The molecule has 0 aromatic carbocycles. The molecule has 0 radical (unpaired) electrons. The van der Waals surface area contributed by atoms with Gasteiger partial charge in [-0.05, 0) is 32.6 Å². The third-order valence-electron chi connectivity index (χ3n) is 3.39. The van der Waals surface area contributed by atoms with Crippen molar-refractivity contribution in [1.82, 2.24) is 4.98 Å². The van der Waals surface area contributed by atoms with E-state index in [0.29, 0.717) is 35.9 Å². The lowest BCUT2D eigenvalue weighted by atomic mass is 10.0. The van der Waals surface area contributed by atoms with E-state index < -0.39 is 5.97 Å². The molecule has 0 saturated heterocycles. The number of ether oxygens (including phenoxy) is 1. The largest absolute Gasteiger partial charge is 0.462 e. The number of aryl methyl sites for hydroxylation is 1. The number of carbonyl (C=O) groups is 2. The van der Waals surface area contributed by atoms with Crippen LogP contribution < -0.4 is 5.32 Å². The molecule has 0 saturated carbocycles. The number of rotatable bonds is 5. The van der Waals surface area contributed by atoms with Crippen molar-refractivity contribution in [3.63, 3.8) is 0 Å². The molecule has 5 nitrogen and oxygen atoms in total. The second-order valence-electron chi connectivity index (χ2n) is 4.94. The average molecular weight is 276 g/mol. The highest BCUT2D eigenvalue weighted by Crippen LogP contribution is 2.23. The van der Waals surface area contributed by atoms with Crippen LogP contribution in [0.25, 0.3) is 0 Å². The predicted molar refractivity (Wildman–Crippen MR) is 76.6 cm³/mol. The van der Waals surface area contributed by atoms with Crippen molar-refractivity contribution < 1.29 is 14.3 Å². The first-order valence-electron chi connectivity index (χ1n) is 6.93. The van der Waals surface area contributed by atoms with Gasteiger partial charge in [0.1, 0.15) is 5.56 Å². The number of hydrogen-bond acceptors (Lipinski definition) is 3. The molecule has 0 bridgehead atoms. The third kappa shape index (κ3) is 3.29. The molecule has 1 aromatic rings. The molecule has 1 aliphatic carbocycles. The van der Waals surface area contributed by atoms with Crippen molar-refractivity contribution in [2.24, 2.45) is 5.92 Å². The Hall–Kier alpha value is -2.04. The molecule has 1 atom stereocenters. The molecule has 0 fully saturated rings. The van der Waals surface area contributed by atoms with Crippen LogP contribution in [0.15, 0.2) is 18.3 Å². The molecular weight excluding hydrogens is 256 g/mol. The zero-order chi connectivity index (χ0) is 14.5. The number of esters is 1. The van der Waals surface area contributed by atoms with E-state index in [-0.39, 0.29) is 5.91 Å². The lowest BCUT2D eigenvalue weighted by Gasteiger charge is -2.09. The fourth-order valence-electron chi connectivity index (χ4n) is 2.40. The maximum atomic E-state index is 12.0. The average Bonchev–Trinajstić information content (AvgIpc) is 3.00. The van der Waals surface area contributed by atoms with Gasteiger partial charge in [-0.2, -0.15) is 0 Å². The predicted octanol–water partition coefficient (Wildman–Crippen LogP) is 2.79. The summed E-state index contributed by atoms with van der Waals surface area (Å²) in [5.41, 5.74) is 1.59. The van der Waals surface area contributed by atoms with Gasteiger partial charge in [0.2, 0.25) is 5.91 Å². The van der Waals surface area contributed by atoms with Gasteiger partial charge in [-0.3, -0.25) is 4.79 Å². The monoisotopic (exact) mass is 276 g/mol. The first-order chi connectivity index (χ1) is 9.61. The van der Waals surface area contributed by atoms with Crippen LogP contribution in [-0.4, -0.2) is 23.5 Å². The standard InChI is InChI=1S/C15H20N2O3/c1-3-20-15(19)14-10(2)16-9-12(14)17-13(18)8-11-6-4-5-7-11/h4,6,9,11,16H,3,5,7-8H2,1-2H3,(H,17,18). The lowest BCUT2D eigenvalue weighted by Crippen LogP contribution is -2.17. The molecule has 1 unspecified atom stereocenters. The van der Waals surface area contributed by atoms with Gasteiger partial charge in [-0.15, -0.1) is 0 Å². The quantitative estimate of drug-likeness (QED) is 0.641. The van der Waals surface area contributed by atoms with Crippen LogP contribution in [0.1, 0.15) is 42.2 Å². The fourth-order valence-corrected chi connectivity index (χ4v) is 2.40. The number of H-pyrrole nitrogens is 1. The number of aromatic nitrogens is 1. The van der Waals surface area contributed by atoms with Gasteiger partial charge in [-0.1, -0.05) is 12.2 Å². The Balaban J connectivity index is 2.03. The van der Waals surface area contributed by atoms with Crippen molar-refractivity contribution in [2.75, 3.05) is 11.9 Å². The summed E-state index contributed by atoms with van der Waals surface area (Å²) in [7, 11) is 0. The van der Waals surface area contributed by atoms with E-state index in [4.69, 9.17) is 4.74 Å². The maximum absolute atomic E-state index is 12.0. The third-order valence-corrected chi connectivity index (χ3v) is 3.39. The zero-order valence-electron chi connectivity index (χ0n) is 11.9. The van der Waals surface area contributed by atoms with Crippen LogP contribution >= 0.6 is 0 Å². The molecule has 20 heavy (non-hydrogen) atoms. The van der Waals surface area contributed by atoms with Gasteiger partial charge in [0.05, 0.1) is 12.3 Å². The van der Waals surface area contributed by atoms with Gasteiger partial charge in [0.15, 0.2) is 0 Å². The SMILES string of the molecule is CCOC(=O)c1c(NC(=O)CC2C=CCC2)c[nH]c1C.